The summed E-state index contributed by atoms with van der Waals surface area (Å²) in [7, 11) is 0. The maximum absolute atomic E-state index is 6.24. The normalized spacial score (nSPS) is 28.7. The first-order valence-electron chi connectivity index (χ1n) is 6.20. The zero-order valence-electron chi connectivity index (χ0n) is 9.54. The zero-order chi connectivity index (χ0) is 11.0. The van der Waals surface area contributed by atoms with Gasteiger partial charge in [-0.15, -0.1) is 0 Å². The molecule has 1 unspecified atom stereocenters. The number of hydrogen-bond acceptors (Lipinski definition) is 3. The Morgan fingerprint density at radius 1 is 1.44 bits per heavy atom. The van der Waals surface area contributed by atoms with E-state index in [0.29, 0.717) is 5.92 Å². The van der Waals surface area contributed by atoms with Crippen molar-refractivity contribution in [2.75, 3.05) is 13.2 Å². The van der Waals surface area contributed by atoms with E-state index < -0.39 is 0 Å². The highest BCUT2D eigenvalue weighted by Crippen LogP contribution is 2.37. The molecule has 2 fully saturated rings. The largest absolute Gasteiger partial charge is 0.381 e. The fourth-order valence-corrected chi connectivity index (χ4v) is 2.58. The van der Waals surface area contributed by atoms with Crippen molar-refractivity contribution in [2.45, 2.75) is 43.6 Å². The van der Waals surface area contributed by atoms with E-state index in [1.54, 1.807) is 0 Å². The summed E-state index contributed by atoms with van der Waals surface area (Å²) in [6.45, 7) is 1.72. The SMILES string of the molecule is NC1(c2ncc(C3CCCOC3)[nH]2)CCC1. The van der Waals surface area contributed by atoms with Gasteiger partial charge in [0.05, 0.1) is 12.1 Å². The van der Waals surface area contributed by atoms with Crippen LogP contribution in [-0.4, -0.2) is 23.2 Å². The molecule has 0 aromatic carbocycles. The summed E-state index contributed by atoms with van der Waals surface area (Å²) in [5.74, 6) is 1.46. The van der Waals surface area contributed by atoms with Gasteiger partial charge in [-0.05, 0) is 32.1 Å². The second kappa shape index (κ2) is 3.86. The molecule has 0 amide bonds. The lowest BCUT2D eigenvalue weighted by Gasteiger charge is -2.36. The summed E-state index contributed by atoms with van der Waals surface area (Å²) in [6, 6.07) is 0. The quantitative estimate of drug-likeness (QED) is 0.798. The van der Waals surface area contributed by atoms with Crippen molar-refractivity contribution >= 4 is 0 Å². The van der Waals surface area contributed by atoms with Crippen molar-refractivity contribution in [3.05, 3.63) is 17.7 Å². The van der Waals surface area contributed by atoms with Crippen molar-refractivity contribution in [2.24, 2.45) is 5.73 Å². The number of hydrogen-bond donors (Lipinski definition) is 2. The average Bonchev–Trinajstić information content (AvgIpc) is 2.77. The van der Waals surface area contributed by atoms with Gasteiger partial charge in [0.25, 0.3) is 0 Å². The Balaban J connectivity index is 1.76. The maximum Gasteiger partial charge on any atom is 0.126 e. The highest BCUT2D eigenvalue weighted by molar-refractivity contribution is 5.16. The summed E-state index contributed by atoms with van der Waals surface area (Å²) < 4.78 is 5.49. The number of H-pyrrole nitrogens is 1. The summed E-state index contributed by atoms with van der Waals surface area (Å²) in [6.07, 6.45) is 7.62. The fourth-order valence-electron chi connectivity index (χ4n) is 2.58. The van der Waals surface area contributed by atoms with Gasteiger partial charge in [0.2, 0.25) is 0 Å². The molecule has 88 valence electrons. The third kappa shape index (κ3) is 1.66. The van der Waals surface area contributed by atoms with Crippen molar-refractivity contribution in [1.29, 1.82) is 0 Å². The predicted molar refractivity (Wildman–Crippen MR) is 61.1 cm³/mol. The van der Waals surface area contributed by atoms with Gasteiger partial charge < -0.3 is 15.5 Å². The van der Waals surface area contributed by atoms with Crippen LogP contribution in [0, 0.1) is 0 Å². The van der Waals surface area contributed by atoms with Crippen LogP contribution in [0.3, 0.4) is 0 Å². The molecule has 4 nitrogen and oxygen atoms in total. The molecule has 2 aliphatic rings. The minimum atomic E-state index is -0.173. The third-order valence-electron chi connectivity index (χ3n) is 3.91. The molecule has 1 aromatic rings. The predicted octanol–water partition coefficient (Wildman–Crippen LogP) is 1.64. The van der Waals surface area contributed by atoms with E-state index in [0.717, 1.165) is 38.3 Å². The molecule has 0 radical (unpaired) electrons. The minimum absolute atomic E-state index is 0.173. The van der Waals surface area contributed by atoms with E-state index in [1.165, 1.54) is 18.5 Å². The van der Waals surface area contributed by atoms with Crippen molar-refractivity contribution in [1.82, 2.24) is 9.97 Å². The van der Waals surface area contributed by atoms with Gasteiger partial charge in [-0.1, -0.05) is 0 Å². The number of nitrogens with one attached hydrogen (secondary N) is 1. The fraction of sp³-hybridized carbons (Fsp3) is 0.750. The Hall–Kier alpha value is -0.870. The molecule has 2 heterocycles. The van der Waals surface area contributed by atoms with Crippen LogP contribution in [0.25, 0.3) is 0 Å². The Kier molecular flexibility index (Phi) is 2.48. The molecule has 4 heteroatoms. The first-order valence-corrected chi connectivity index (χ1v) is 6.20. The molecule has 1 saturated carbocycles. The molecule has 0 bridgehead atoms. The van der Waals surface area contributed by atoms with Crippen LogP contribution in [0.4, 0.5) is 0 Å². The Morgan fingerprint density at radius 2 is 2.31 bits per heavy atom. The molecular formula is C12H19N3O. The van der Waals surface area contributed by atoms with Gasteiger partial charge >= 0.3 is 0 Å². The van der Waals surface area contributed by atoms with Gasteiger partial charge in [-0.25, -0.2) is 4.98 Å². The van der Waals surface area contributed by atoms with E-state index in [2.05, 4.69) is 9.97 Å². The first kappa shape index (κ1) is 10.3. The summed E-state index contributed by atoms with van der Waals surface area (Å²) in [5.41, 5.74) is 7.27. The standard InChI is InChI=1S/C12H19N3O/c13-12(4-2-5-12)11-14-7-10(15-11)9-3-1-6-16-8-9/h7,9H,1-6,8,13H2,(H,14,15). The number of nitrogens with zero attached hydrogens (tertiary/aromatic N) is 1. The number of aromatic nitrogens is 2. The van der Waals surface area contributed by atoms with Crippen LogP contribution in [0.1, 0.15) is 49.5 Å². The van der Waals surface area contributed by atoms with Gasteiger partial charge in [0, 0.05) is 24.4 Å². The molecule has 1 atom stereocenters. The van der Waals surface area contributed by atoms with Gasteiger partial charge in [0.15, 0.2) is 0 Å². The smallest absolute Gasteiger partial charge is 0.126 e. The topological polar surface area (TPSA) is 63.9 Å². The first-order chi connectivity index (χ1) is 7.78. The van der Waals surface area contributed by atoms with Crippen molar-refractivity contribution in [3.8, 4) is 0 Å². The lowest BCUT2D eigenvalue weighted by Crippen LogP contribution is -2.44. The van der Waals surface area contributed by atoms with E-state index in [-0.39, 0.29) is 5.54 Å². The number of imidazole rings is 1. The second-order valence-corrected chi connectivity index (χ2v) is 5.11. The number of nitrogens with two attached hydrogens (primary N) is 1. The molecule has 16 heavy (non-hydrogen) atoms. The molecule has 3 N–H and O–H groups in total. The molecule has 1 aromatic heterocycles. The van der Waals surface area contributed by atoms with Crippen LogP contribution >= 0.6 is 0 Å². The van der Waals surface area contributed by atoms with Crippen molar-refractivity contribution < 1.29 is 4.74 Å². The molecule has 3 rings (SSSR count). The monoisotopic (exact) mass is 221 g/mol. The lowest BCUT2D eigenvalue weighted by molar-refractivity contribution is 0.0793. The molecule has 1 aliphatic heterocycles. The highest BCUT2D eigenvalue weighted by Gasteiger charge is 2.37. The molecule has 0 spiro atoms. The Morgan fingerprint density at radius 3 is 2.94 bits per heavy atom. The van der Waals surface area contributed by atoms with Gasteiger partial charge in [0.1, 0.15) is 5.82 Å². The molecule has 1 saturated heterocycles. The number of aromatic amines is 1. The average molecular weight is 221 g/mol. The number of ether oxygens (including phenoxy) is 1. The molecule has 1 aliphatic carbocycles. The van der Waals surface area contributed by atoms with E-state index in [1.807, 2.05) is 6.20 Å². The molecular weight excluding hydrogens is 202 g/mol. The van der Waals surface area contributed by atoms with Gasteiger partial charge in [-0.2, -0.15) is 0 Å². The van der Waals surface area contributed by atoms with Crippen LogP contribution < -0.4 is 5.73 Å². The lowest BCUT2D eigenvalue weighted by atomic mass is 9.77. The third-order valence-corrected chi connectivity index (χ3v) is 3.91. The van der Waals surface area contributed by atoms with E-state index in [9.17, 15) is 0 Å². The Labute approximate surface area is 95.6 Å². The van der Waals surface area contributed by atoms with E-state index in [4.69, 9.17) is 10.5 Å². The summed E-state index contributed by atoms with van der Waals surface area (Å²) >= 11 is 0. The van der Waals surface area contributed by atoms with Crippen LogP contribution in [0.15, 0.2) is 6.20 Å². The van der Waals surface area contributed by atoms with Crippen LogP contribution in [-0.2, 0) is 10.3 Å². The van der Waals surface area contributed by atoms with E-state index >= 15 is 0 Å². The second-order valence-electron chi connectivity index (χ2n) is 5.11. The maximum atomic E-state index is 6.24. The zero-order valence-corrected chi connectivity index (χ0v) is 9.54. The number of rotatable bonds is 2. The summed E-state index contributed by atoms with van der Waals surface area (Å²) in [5, 5.41) is 0. The van der Waals surface area contributed by atoms with Gasteiger partial charge in [-0.3, -0.25) is 0 Å². The highest BCUT2D eigenvalue weighted by atomic mass is 16.5. The summed E-state index contributed by atoms with van der Waals surface area (Å²) in [4.78, 5) is 7.86. The van der Waals surface area contributed by atoms with Crippen LogP contribution in [0.2, 0.25) is 0 Å². The Bertz CT molecular complexity index is 364. The minimum Gasteiger partial charge on any atom is -0.381 e. The van der Waals surface area contributed by atoms with Crippen molar-refractivity contribution in [3.63, 3.8) is 0 Å². The van der Waals surface area contributed by atoms with Crippen LogP contribution in [0.5, 0.6) is 0 Å².